The number of fused-ring (bicyclic) bond motifs is 1. The topological polar surface area (TPSA) is 54.2 Å². The summed E-state index contributed by atoms with van der Waals surface area (Å²) in [5, 5.41) is 7.57. The number of aromatic nitrogens is 2. The van der Waals surface area contributed by atoms with Gasteiger partial charge in [0.25, 0.3) is 0 Å². The van der Waals surface area contributed by atoms with Crippen molar-refractivity contribution in [2.45, 2.75) is 31.8 Å². The molecule has 1 fully saturated rings. The fraction of sp³-hybridized carbons (Fsp3) is 0.467. The molecule has 2 aliphatic rings. The first-order chi connectivity index (χ1) is 9.90. The maximum Gasteiger partial charge on any atom is 0.229 e. The Morgan fingerprint density at radius 2 is 2.20 bits per heavy atom. The molecule has 20 heavy (non-hydrogen) atoms. The molecule has 5 nitrogen and oxygen atoms in total. The Bertz CT molecular complexity index is 605. The second-order valence-electron chi connectivity index (χ2n) is 5.55. The number of hydrogen-bond donors (Lipinski definition) is 1. The van der Waals surface area contributed by atoms with E-state index in [0.29, 0.717) is 5.92 Å². The summed E-state index contributed by atoms with van der Waals surface area (Å²) in [6.45, 7) is 3.58. The normalized spacial score (nSPS) is 18.7. The van der Waals surface area contributed by atoms with Crippen LogP contribution in [0.3, 0.4) is 0 Å². The number of nitrogens with zero attached hydrogens (tertiary/aromatic N) is 3. The Balaban J connectivity index is 1.57. The van der Waals surface area contributed by atoms with Crippen LogP contribution in [-0.4, -0.2) is 23.2 Å². The molecule has 0 radical (unpaired) electrons. The highest BCUT2D eigenvalue weighted by atomic mass is 16.5. The van der Waals surface area contributed by atoms with Crippen molar-refractivity contribution in [3.63, 3.8) is 0 Å². The average Bonchev–Trinajstić information content (AvgIpc) is 3.25. The molecule has 1 N–H and O–H groups in total. The summed E-state index contributed by atoms with van der Waals surface area (Å²) in [4.78, 5) is 6.86. The largest absolute Gasteiger partial charge is 0.362 e. The third kappa shape index (κ3) is 2.29. The molecule has 0 spiro atoms. The molecule has 1 aliphatic heterocycles. The summed E-state index contributed by atoms with van der Waals surface area (Å²) in [6.07, 6.45) is 2.39. The highest BCUT2D eigenvalue weighted by Crippen LogP contribution is 2.38. The van der Waals surface area contributed by atoms with Crippen molar-refractivity contribution < 1.29 is 4.52 Å². The van der Waals surface area contributed by atoms with Gasteiger partial charge in [-0.25, -0.2) is 0 Å². The lowest BCUT2D eigenvalue weighted by Crippen LogP contribution is -2.28. The predicted octanol–water partition coefficient (Wildman–Crippen LogP) is 2.06. The molecule has 0 unspecified atom stereocenters. The molecule has 4 rings (SSSR count). The summed E-state index contributed by atoms with van der Waals surface area (Å²) in [5.41, 5.74) is 2.60. The van der Waals surface area contributed by atoms with E-state index in [4.69, 9.17) is 4.52 Å². The van der Waals surface area contributed by atoms with Crippen LogP contribution in [0.4, 0.5) is 5.69 Å². The summed E-state index contributed by atoms with van der Waals surface area (Å²) in [5.74, 6) is 2.14. The molecule has 1 aromatic heterocycles. The molecule has 1 aromatic carbocycles. The lowest BCUT2D eigenvalue weighted by atomic mass is 10.1. The number of rotatable bonds is 3. The molecule has 104 valence electrons. The Morgan fingerprint density at radius 1 is 1.30 bits per heavy atom. The quantitative estimate of drug-likeness (QED) is 0.925. The van der Waals surface area contributed by atoms with E-state index in [2.05, 4.69) is 44.6 Å². The molecule has 2 heterocycles. The molecule has 0 atom stereocenters. The van der Waals surface area contributed by atoms with Crippen LogP contribution in [0, 0.1) is 0 Å². The smallest absolute Gasteiger partial charge is 0.229 e. The lowest BCUT2D eigenvalue weighted by Gasteiger charge is -2.22. The fourth-order valence-electron chi connectivity index (χ4n) is 2.69. The van der Waals surface area contributed by atoms with Crippen LogP contribution < -0.4 is 10.2 Å². The first kappa shape index (κ1) is 11.9. The van der Waals surface area contributed by atoms with E-state index in [1.54, 1.807) is 0 Å². The van der Waals surface area contributed by atoms with E-state index in [9.17, 15) is 0 Å². The molecule has 0 saturated heterocycles. The van der Waals surface area contributed by atoms with Gasteiger partial charge in [-0.2, -0.15) is 4.98 Å². The molecule has 5 heteroatoms. The van der Waals surface area contributed by atoms with Crippen molar-refractivity contribution in [3.05, 3.63) is 41.5 Å². The van der Waals surface area contributed by atoms with Crippen molar-refractivity contribution in [2.75, 3.05) is 18.0 Å². The van der Waals surface area contributed by atoms with Crippen LogP contribution in [-0.2, 0) is 13.1 Å². The Hall–Kier alpha value is -1.88. The first-order valence-electron chi connectivity index (χ1n) is 7.26. The van der Waals surface area contributed by atoms with Crippen molar-refractivity contribution in [1.82, 2.24) is 15.5 Å². The van der Waals surface area contributed by atoms with Gasteiger partial charge in [0.15, 0.2) is 5.82 Å². The van der Waals surface area contributed by atoms with Crippen LogP contribution >= 0.6 is 0 Å². The van der Waals surface area contributed by atoms with Crippen LogP contribution in [0.1, 0.15) is 36.0 Å². The second-order valence-corrected chi connectivity index (χ2v) is 5.55. The van der Waals surface area contributed by atoms with Gasteiger partial charge in [0, 0.05) is 31.2 Å². The minimum atomic E-state index is 0.523. The van der Waals surface area contributed by atoms with Gasteiger partial charge in [0.1, 0.15) is 0 Å². The number of nitrogens with one attached hydrogen (secondary N) is 1. The number of para-hydroxylation sites is 1. The average molecular weight is 270 g/mol. The first-order valence-corrected chi connectivity index (χ1v) is 7.26. The second kappa shape index (κ2) is 4.90. The molecular formula is C15H18N4O. The zero-order chi connectivity index (χ0) is 13.4. The molecule has 0 amide bonds. The zero-order valence-corrected chi connectivity index (χ0v) is 11.4. The Labute approximate surface area is 118 Å². The summed E-state index contributed by atoms with van der Waals surface area (Å²) < 4.78 is 5.35. The van der Waals surface area contributed by atoms with Gasteiger partial charge in [-0.1, -0.05) is 23.4 Å². The summed E-state index contributed by atoms with van der Waals surface area (Å²) in [6, 6.07) is 8.52. The third-order valence-electron chi connectivity index (χ3n) is 3.95. The molecule has 0 bridgehead atoms. The third-order valence-corrected chi connectivity index (χ3v) is 3.95. The standard InChI is InChI=1S/C15H18N4O/c1-2-4-13-12(3-1)9-16-7-8-19(13)10-14-17-15(20-18-14)11-5-6-11/h1-4,11,16H,5-10H2. The summed E-state index contributed by atoms with van der Waals surface area (Å²) >= 11 is 0. The monoisotopic (exact) mass is 270 g/mol. The van der Waals surface area contributed by atoms with E-state index in [1.165, 1.54) is 24.1 Å². The number of hydrogen-bond acceptors (Lipinski definition) is 5. The maximum absolute atomic E-state index is 5.35. The minimum Gasteiger partial charge on any atom is -0.362 e. The molecule has 2 aromatic rings. The fourth-order valence-corrected chi connectivity index (χ4v) is 2.69. The highest BCUT2D eigenvalue weighted by Gasteiger charge is 2.30. The molecular weight excluding hydrogens is 252 g/mol. The summed E-state index contributed by atoms with van der Waals surface area (Å²) in [7, 11) is 0. The molecule has 1 aliphatic carbocycles. The van der Waals surface area contributed by atoms with Gasteiger partial charge in [0.2, 0.25) is 5.89 Å². The van der Waals surface area contributed by atoms with Crippen LogP contribution in [0.25, 0.3) is 0 Å². The highest BCUT2D eigenvalue weighted by molar-refractivity contribution is 5.54. The number of benzene rings is 1. The number of anilines is 1. The van der Waals surface area contributed by atoms with Crippen molar-refractivity contribution >= 4 is 5.69 Å². The maximum atomic E-state index is 5.35. The van der Waals surface area contributed by atoms with Gasteiger partial charge >= 0.3 is 0 Å². The molecule has 1 saturated carbocycles. The van der Waals surface area contributed by atoms with E-state index >= 15 is 0 Å². The van der Waals surface area contributed by atoms with Gasteiger partial charge in [-0.15, -0.1) is 0 Å². The predicted molar refractivity (Wildman–Crippen MR) is 75.5 cm³/mol. The van der Waals surface area contributed by atoms with E-state index in [-0.39, 0.29) is 0 Å². The Kier molecular flexibility index (Phi) is 2.92. The van der Waals surface area contributed by atoms with Gasteiger partial charge in [0.05, 0.1) is 6.54 Å². The van der Waals surface area contributed by atoms with E-state index in [0.717, 1.165) is 37.9 Å². The zero-order valence-electron chi connectivity index (χ0n) is 11.4. The van der Waals surface area contributed by atoms with Gasteiger partial charge in [-0.05, 0) is 24.5 Å². The van der Waals surface area contributed by atoms with Gasteiger partial charge < -0.3 is 14.7 Å². The van der Waals surface area contributed by atoms with Gasteiger partial charge in [-0.3, -0.25) is 0 Å². The van der Waals surface area contributed by atoms with Crippen LogP contribution in [0.15, 0.2) is 28.8 Å². The van der Waals surface area contributed by atoms with E-state index < -0.39 is 0 Å². The SMILES string of the molecule is c1ccc2c(c1)CNCCN2Cc1noc(C2CC2)n1. The Morgan fingerprint density at radius 3 is 3.10 bits per heavy atom. The minimum absolute atomic E-state index is 0.523. The van der Waals surface area contributed by atoms with Crippen LogP contribution in [0.5, 0.6) is 0 Å². The van der Waals surface area contributed by atoms with Crippen molar-refractivity contribution in [3.8, 4) is 0 Å². The van der Waals surface area contributed by atoms with Crippen LogP contribution in [0.2, 0.25) is 0 Å². The van der Waals surface area contributed by atoms with Crippen molar-refractivity contribution in [1.29, 1.82) is 0 Å². The van der Waals surface area contributed by atoms with Crippen molar-refractivity contribution in [2.24, 2.45) is 0 Å². The van der Waals surface area contributed by atoms with E-state index in [1.807, 2.05) is 0 Å². The lowest BCUT2D eigenvalue weighted by molar-refractivity contribution is 0.373.